The lowest BCUT2D eigenvalue weighted by molar-refractivity contribution is 0.553. The number of imidazole rings is 1. The molecule has 0 saturated carbocycles. The number of hydrogen-bond acceptors (Lipinski definition) is 1. The fraction of sp³-hybridized carbons (Fsp3) is 0.800. The standard InChI is InChI=1S/C15H26N2/c1-13-16-14-11-9-7-5-3-4-6-8-10-12-15(14)17(13)2/h3-12H2,1-2H3. The van der Waals surface area contributed by atoms with Crippen LogP contribution in [-0.4, -0.2) is 9.55 Å². The van der Waals surface area contributed by atoms with Crippen LogP contribution in [0.4, 0.5) is 0 Å². The van der Waals surface area contributed by atoms with E-state index in [0.717, 1.165) is 0 Å². The van der Waals surface area contributed by atoms with Crippen molar-refractivity contribution in [3.63, 3.8) is 0 Å². The summed E-state index contributed by atoms with van der Waals surface area (Å²) in [6.07, 6.45) is 13.6. The predicted molar refractivity (Wildman–Crippen MR) is 72.3 cm³/mol. The van der Waals surface area contributed by atoms with Crippen LogP contribution in [0.2, 0.25) is 0 Å². The van der Waals surface area contributed by atoms with Gasteiger partial charge in [-0.1, -0.05) is 38.5 Å². The third-order valence-corrected chi connectivity index (χ3v) is 4.10. The van der Waals surface area contributed by atoms with Crippen molar-refractivity contribution >= 4 is 0 Å². The summed E-state index contributed by atoms with van der Waals surface area (Å²) >= 11 is 0. The molecular formula is C15H26N2. The lowest BCUT2D eigenvalue weighted by Crippen LogP contribution is -2.02. The minimum atomic E-state index is 1.19. The molecule has 1 aromatic rings. The van der Waals surface area contributed by atoms with Crippen LogP contribution >= 0.6 is 0 Å². The zero-order valence-electron chi connectivity index (χ0n) is 11.5. The van der Waals surface area contributed by atoms with Crippen molar-refractivity contribution in [1.82, 2.24) is 9.55 Å². The molecule has 2 rings (SSSR count). The summed E-state index contributed by atoms with van der Waals surface area (Å²) in [6, 6.07) is 0. The van der Waals surface area contributed by atoms with Gasteiger partial charge in [0.1, 0.15) is 5.82 Å². The van der Waals surface area contributed by atoms with Gasteiger partial charge in [0.05, 0.1) is 5.69 Å². The van der Waals surface area contributed by atoms with Gasteiger partial charge in [-0.2, -0.15) is 0 Å². The molecule has 0 fully saturated rings. The van der Waals surface area contributed by atoms with Crippen molar-refractivity contribution in [2.75, 3.05) is 0 Å². The maximum absolute atomic E-state index is 4.74. The van der Waals surface area contributed by atoms with E-state index < -0.39 is 0 Å². The monoisotopic (exact) mass is 234 g/mol. The van der Waals surface area contributed by atoms with Gasteiger partial charge < -0.3 is 4.57 Å². The van der Waals surface area contributed by atoms with E-state index in [1.54, 1.807) is 0 Å². The number of fused-ring (bicyclic) bond motifs is 1. The molecule has 0 unspecified atom stereocenters. The van der Waals surface area contributed by atoms with Crippen molar-refractivity contribution < 1.29 is 0 Å². The van der Waals surface area contributed by atoms with Gasteiger partial charge in [0.15, 0.2) is 0 Å². The third-order valence-electron chi connectivity index (χ3n) is 4.10. The molecular weight excluding hydrogens is 208 g/mol. The Morgan fingerprint density at radius 2 is 1.35 bits per heavy atom. The van der Waals surface area contributed by atoms with Crippen molar-refractivity contribution in [2.45, 2.75) is 71.1 Å². The number of nitrogens with zero attached hydrogens (tertiary/aromatic N) is 2. The van der Waals surface area contributed by atoms with E-state index in [1.807, 2.05) is 0 Å². The van der Waals surface area contributed by atoms with Gasteiger partial charge in [0.2, 0.25) is 0 Å². The molecule has 0 spiro atoms. The lowest BCUT2D eigenvalue weighted by atomic mass is 10.0. The first-order valence-electron chi connectivity index (χ1n) is 7.30. The topological polar surface area (TPSA) is 17.8 Å². The van der Waals surface area contributed by atoms with Gasteiger partial charge in [-0.05, 0) is 32.6 Å². The molecule has 96 valence electrons. The second kappa shape index (κ2) is 6.23. The Kier molecular flexibility index (Phi) is 4.64. The first kappa shape index (κ1) is 12.7. The minimum absolute atomic E-state index is 1.19. The highest BCUT2D eigenvalue weighted by Gasteiger charge is 2.11. The average molecular weight is 234 g/mol. The van der Waals surface area contributed by atoms with E-state index in [2.05, 4.69) is 18.5 Å². The molecule has 2 nitrogen and oxygen atoms in total. The molecule has 1 heterocycles. The number of aryl methyl sites for hydroxylation is 2. The van der Waals surface area contributed by atoms with Gasteiger partial charge in [-0.15, -0.1) is 0 Å². The van der Waals surface area contributed by atoms with E-state index in [4.69, 9.17) is 4.98 Å². The molecule has 1 aliphatic rings. The van der Waals surface area contributed by atoms with Crippen molar-refractivity contribution in [3.8, 4) is 0 Å². The quantitative estimate of drug-likeness (QED) is 0.664. The van der Waals surface area contributed by atoms with Gasteiger partial charge in [-0.3, -0.25) is 0 Å². The summed E-state index contributed by atoms with van der Waals surface area (Å²) < 4.78 is 2.31. The number of rotatable bonds is 0. The Labute approximate surface area is 105 Å². The van der Waals surface area contributed by atoms with Gasteiger partial charge in [0.25, 0.3) is 0 Å². The summed E-state index contributed by atoms with van der Waals surface area (Å²) in [5.74, 6) is 1.19. The number of aromatic nitrogens is 2. The molecule has 0 N–H and O–H groups in total. The maximum Gasteiger partial charge on any atom is 0.105 e. The molecule has 0 radical (unpaired) electrons. The Morgan fingerprint density at radius 3 is 2.00 bits per heavy atom. The first-order chi connectivity index (χ1) is 8.29. The fourth-order valence-corrected chi connectivity index (χ4v) is 2.88. The van der Waals surface area contributed by atoms with Gasteiger partial charge in [-0.25, -0.2) is 4.98 Å². The summed E-state index contributed by atoms with van der Waals surface area (Å²) in [7, 11) is 2.17. The van der Waals surface area contributed by atoms with Crippen LogP contribution in [0.5, 0.6) is 0 Å². The largest absolute Gasteiger partial charge is 0.335 e. The van der Waals surface area contributed by atoms with E-state index in [0.29, 0.717) is 0 Å². The zero-order chi connectivity index (χ0) is 12.1. The Hall–Kier alpha value is -0.790. The molecule has 0 bridgehead atoms. The van der Waals surface area contributed by atoms with Crippen molar-refractivity contribution in [1.29, 1.82) is 0 Å². The Bertz CT molecular complexity index is 352. The Balaban J connectivity index is 2.08. The molecule has 17 heavy (non-hydrogen) atoms. The Morgan fingerprint density at radius 1 is 0.824 bits per heavy atom. The van der Waals surface area contributed by atoms with Crippen LogP contribution in [0.15, 0.2) is 0 Å². The third kappa shape index (κ3) is 3.34. The molecule has 0 atom stereocenters. The highest BCUT2D eigenvalue weighted by molar-refractivity contribution is 5.17. The van der Waals surface area contributed by atoms with E-state index >= 15 is 0 Å². The van der Waals surface area contributed by atoms with Crippen LogP contribution in [0.3, 0.4) is 0 Å². The van der Waals surface area contributed by atoms with E-state index in [9.17, 15) is 0 Å². The lowest BCUT2D eigenvalue weighted by Gasteiger charge is -2.09. The molecule has 0 amide bonds. The molecule has 0 saturated heterocycles. The fourth-order valence-electron chi connectivity index (χ4n) is 2.88. The second-order valence-electron chi connectivity index (χ2n) is 5.44. The SMILES string of the molecule is Cc1nc2c(n1C)CCCCCCCCCC2. The molecule has 0 aromatic carbocycles. The second-order valence-corrected chi connectivity index (χ2v) is 5.44. The van der Waals surface area contributed by atoms with Crippen LogP contribution in [0.25, 0.3) is 0 Å². The van der Waals surface area contributed by atoms with Crippen LogP contribution in [0.1, 0.15) is 68.6 Å². The van der Waals surface area contributed by atoms with Crippen molar-refractivity contribution in [3.05, 3.63) is 17.2 Å². The van der Waals surface area contributed by atoms with E-state index in [1.165, 1.54) is 81.4 Å². The van der Waals surface area contributed by atoms with E-state index in [-0.39, 0.29) is 0 Å². The van der Waals surface area contributed by atoms with Gasteiger partial charge >= 0.3 is 0 Å². The summed E-state index contributed by atoms with van der Waals surface area (Å²) in [6.45, 7) is 2.13. The maximum atomic E-state index is 4.74. The highest BCUT2D eigenvalue weighted by atomic mass is 15.1. The van der Waals surface area contributed by atoms with Crippen LogP contribution < -0.4 is 0 Å². The highest BCUT2D eigenvalue weighted by Crippen LogP contribution is 2.19. The molecule has 1 aliphatic carbocycles. The number of hydrogen-bond donors (Lipinski definition) is 0. The summed E-state index contributed by atoms with van der Waals surface area (Å²) in [5.41, 5.74) is 2.88. The van der Waals surface area contributed by atoms with Gasteiger partial charge in [0, 0.05) is 12.7 Å². The summed E-state index contributed by atoms with van der Waals surface area (Å²) in [4.78, 5) is 4.74. The minimum Gasteiger partial charge on any atom is -0.335 e. The molecule has 2 heteroatoms. The summed E-state index contributed by atoms with van der Waals surface area (Å²) in [5, 5.41) is 0. The van der Waals surface area contributed by atoms with Crippen LogP contribution in [-0.2, 0) is 19.9 Å². The average Bonchev–Trinajstić information content (AvgIpc) is 2.56. The smallest absolute Gasteiger partial charge is 0.105 e. The van der Waals surface area contributed by atoms with Crippen molar-refractivity contribution in [2.24, 2.45) is 7.05 Å². The first-order valence-corrected chi connectivity index (χ1v) is 7.30. The zero-order valence-corrected chi connectivity index (χ0v) is 11.5. The predicted octanol–water partition coefficient (Wildman–Crippen LogP) is 3.95. The normalized spacial score (nSPS) is 19.2. The molecule has 0 aliphatic heterocycles. The molecule has 1 aromatic heterocycles. The van der Waals surface area contributed by atoms with Crippen LogP contribution in [0, 0.1) is 6.92 Å².